The van der Waals surface area contributed by atoms with Crippen LogP contribution in [-0.4, -0.2) is 43.2 Å². The zero-order valence-corrected chi connectivity index (χ0v) is 13.7. The molecule has 1 fully saturated rings. The fourth-order valence-corrected chi connectivity index (χ4v) is 2.76. The number of hydrogen-bond acceptors (Lipinski definition) is 3. The molecule has 4 nitrogen and oxygen atoms in total. The Kier molecular flexibility index (Phi) is 6.62. The van der Waals surface area contributed by atoms with E-state index in [1.165, 1.54) is 12.1 Å². The maximum atomic E-state index is 12.5. The molecule has 1 saturated heterocycles. The van der Waals surface area contributed by atoms with Crippen molar-refractivity contribution >= 4 is 5.91 Å². The van der Waals surface area contributed by atoms with E-state index in [0.717, 1.165) is 30.7 Å². The first-order valence-electron chi connectivity index (χ1n) is 8.14. The normalized spacial score (nSPS) is 18.8. The SMILES string of the molecule is CCOCCC(=O)NC1CCN(Cc2ccc(C(F)(F)F)cc2)C1. The lowest BCUT2D eigenvalue weighted by Gasteiger charge is -2.17. The molecule has 1 aliphatic heterocycles. The number of benzene rings is 1. The predicted molar refractivity (Wildman–Crippen MR) is 84.4 cm³/mol. The third-order valence-electron chi connectivity index (χ3n) is 4.00. The second-order valence-corrected chi connectivity index (χ2v) is 5.93. The van der Waals surface area contributed by atoms with E-state index in [-0.39, 0.29) is 11.9 Å². The number of nitrogens with one attached hydrogen (secondary N) is 1. The minimum absolute atomic E-state index is 0.0233. The van der Waals surface area contributed by atoms with Gasteiger partial charge in [-0.3, -0.25) is 9.69 Å². The molecule has 0 saturated carbocycles. The van der Waals surface area contributed by atoms with Crippen molar-refractivity contribution in [1.82, 2.24) is 10.2 Å². The molecule has 1 amide bonds. The second kappa shape index (κ2) is 8.48. The molecule has 134 valence electrons. The van der Waals surface area contributed by atoms with Gasteiger partial charge >= 0.3 is 6.18 Å². The van der Waals surface area contributed by atoms with E-state index in [1.54, 1.807) is 0 Å². The smallest absolute Gasteiger partial charge is 0.381 e. The van der Waals surface area contributed by atoms with Crippen molar-refractivity contribution in [1.29, 1.82) is 0 Å². The van der Waals surface area contributed by atoms with Crippen LogP contribution in [0.2, 0.25) is 0 Å². The van der Waals surface area contributed by atoms with Crippen molar-refractivity contribution in [3.8, 4) is 0 Å². The van der Waals surface area contributed by atoms with Crippen LogP contribution in [0.1, 0.15) is 30.9 Å². The Morgan fingerprint density at radius 3 is 2.67 bits per heavy atom. The van der Waals surface area contributed by atoms with E-state index in [2.05, 4.69) is 10.2 Å². The van der Waals surface area contributed by atoms with Gasteiger partial charge in [0.1, 0.15) is 0 Å². The van der Waals surface area contributed by atoms with Gasteiger partial charge in [0.2, 0.25) is 5.91 Å². The maximum Gasteiger partial charge on any atom is 0.416 e. The number of rotatable bonds is 7. The Labute approximate surface area is 140 Å². The number of ether oxygens (including phenoxy) is 1. The zero-order valence-electron chi connectivity index (χ0n) is 13.7. The molecular formula is C17H23F3N2O2. The molecule has 0 spiro atoms. The first-order chi connectivity index (χ1) is 11.4. The Morgan fingerprint density at radius 1 is 1.33 bits per heavy atom. The highest BCUT2D eigenvalue weighted by atomic mass is 19.4. The summed E-state index contributed by atoms with van der Waals surface area (Å²) in [6.07, 6.45) is -3.10. The summed E-state index contributed by atoms with van der Waals surface area (Å²) in [6.45, 7) is 5.01. The van der Waals surface area contributed by atoms with Crippen LogP contribution in [0, 0.1) is 0 Å². The van der Waals surface area contributed by atoms with Gasteiger partial charge in [0.15, 0.2) is 0 Å². The van der Waals surface area contributed by atoms with Gasteiger partial charge in [0, 0.05) is 38.7 Å². The molecule has 7 heteroatoms. The fraction of sp³-hybridized carbons (Fsp3) is 0.588. The number of likely N-dealkylation sites (tertiary alicyclic amines) is 1. The van der Waals surface area contributed by atoms with Gasteiger partial charge in [-0.15, -0.1) is 0 Å². The number of carbonyl (C=O) groups is 1. The van der Waals surface area contributed by atoms with Gasteiger partial charge < -0.3 is 10.1 Å². The number of hydrogen-bond donors (Lipinski definition) is 1. The van der Waals surface area contributed by atoms with Crippen molar-refractivity contribution in [2.24, 2.45) is 0 Å². The maximum absolute atomic E-state index is 12.5. The molecule has 0 radical (unpaired) electrons. The largest absolute Gasteiger partial charge is 0.416 e. The molecule has 1 aromatic carbocycles. The summed E-state index contributed by atoms with van der Waals surface area (Å²) in [5.74, 6) is -0.0233. The van der Waals surface area contributed by atoms with E-state index >= 15 is 0 Å². The molecule has 1 aliphatic rings. The lowest BCUT2D eigenvalue weighted by atomic mass is 10.1. The van der Waals surface area contributed by atoms with Gasteiger partial charge in [-0.05, 0) is 31.0 Å². The Hall–Kier alpha value is -1.60. The van der Waals surface area contributed by atoms with Crippen LogP contribution in [0.25, 0.3) is 0 Å². The third kappa shape index (κ3) is 5.79. The standard InChI is InChI=1S/C17H23F3N2O2/c1-2-24-10-8-16(23)21-15-7-9-22(12-15)11-13-3-5-14(6-4-13)17(18,19)20/h3-6,15H,2,7-12H2,1H3,(H,21,23). The highest BCUT2D eigenvalue weighted by molar-refractivity contribution is 5.76. The Balaban J connectivity index is 1.76. The van der Waals surface area contributed by atoms with Gasteiger partial charge in [-0.1, -0.05) is 12.1 Å². The molecule has 1 atom stereocenters. The van der Waals surface area contributed by atoms with E-state index in [1.807, 2.05) is 6.92 Å². The average Bonchev–Trinajstić information content (AvgIpc) is 2.94. The van der Waals surface area contributed by atoms with Crippen molar-refractivity contribution in [2.45, 2.75) is 38.5 Å². The monoisotopic (exact) mass is 344 g/mol. The molecule has 24 heavy (non-hydrogen) atoms. The predicted octanol–water partition coefficient (Wildman–Crippen LogP) is 2.82. The molecule has 1 unspecified atom stereocenters. The summed E-state index contributed by atoms with van der Waals surface area (Å²) >= 11 is 0. The number of nitrogens with zero attached hydrogens (tertiary/aromatic N) is 1. The highest BCUT2D eigenvalue weighted by Crippen LogP contribution is 2.29. The second-order valence-electron chi connectivity index (χ2n) is 5.93. The van der Waals surface area contributed by atoms with Gasteiger partial charge in [0.25, 0.3) is 0 Å². The quantitative estimate of drug-likeness (QED) is 0.774. The van der Waals surface area contributed by atoms with Crippen molar-refractivity contribution in [2.75, 3.05) is 26.3 Å². The van der Waals surface area contributed by atoms with Crippen LogP contribution in [0.15, 0.2) is 24.3 Å². The highest BCUT2D eigenvalue weighted by Gasteiger charge is 2.30. The van der Waals surface area contributed by atoms with Crippen LogP contribution in [0.5, 0.6) is 0 Å². The minimum Gasteiger partial charge on any atom is -0.381 e. The van der Waals surface area contributed by atoms with Gasteiger partial charge in [-0.2, -0.15) is 13.2 Å². The van der Waals surface area contributed by atoms with E-state index in [9.17, 15) is 18.0 Å². The number of halogens is 3. The lowest BCUT2D eigenvalue weighted by molar-refractivity contribution is -0.137. The van der Waals surface area contributed by atoms with Crippen LogP contribution in [-0.2, 0) is 22.3 Å². The summed E-state index contributed by atoms with van der Waals surface area (Å²) in [5.41, 5.74) is 0.207. The van der Waals surface area contributed by atoms with E-state index < -0.39 is 11.7 Å². The topological polar surface area (TPSA) is 41.6 Å². The first kappa shape index (κ1) is 18.7. The zero-order chi connectivity index (χ0) is 17.6. The van der Waals surface area contributed by atoms with E-state index in [4.69, 9.17) is 4.74 Å². The number of amides is 1. The molecule has 0 aliphatic carbocycles. The lowest BCUT2D eigenvalue weighted by Crippen LogP contribution is -2.37. The summed E-state index contributed by atoms with van der Waals surface area (Å²) in [6, 6.07) is 5.33. The number of alkyl halides is 3. The molecular weight excluding hydrogens is 321 g/mol. The molecule has 0 bridgehead atoms. The Bertz CT molecular complexity index is 532. The van der Waals surface area contributed by atoms with Crippen LogP contribution in [0.4, 0.5) is 13.2 Å². The summed E-state index contributed by atoms with van der Waals surface area (Å²) in [7, 11) is 0. The average molecular weight is 344 g/mol. The fourth-order valence-electron chi connectivity index (χ4n) is 2.76. The summed E-state index contributed by atoms with van der Waals surface area (Å²) < 4.78 is 42.8. The van der Waals surface area contributed by atoms with Crippen molar-refractivity contribution in [3.05, 3.63) is 35.4 Å². The third-order valence-corrected chi connectivity index (χ3v) is 4.00. The van der Waals surface area contributed by atoms with Crippen LogP contribution < -0.4 is 5.32 Å². The Morgan fingerprint density at radius 2 is 2.04 bits per heavy atom. The van der Waals surface area contributed by atoms with Crippen LogP contribution >= 0.6 is 0 Å². The van der Waals surface area contributed by atoms with Crippen molar-refractivity contribution in [3.63, 3.8) is 0 Å². The molecule has 1 aromatic rings. The van der Waals surface area contributed by atoms with Gasteiger partial charge in [-0.25, -0.2) is 0 Å². The molecule has 0 aromatic heterocycles. The molecule has 2 rings (SSSR count). The van der Waals surface area contributed by atoms with Crippen molar-refractivity contribution < 1.29 is 22.7 Å². The number of carbonyl (C=O) groups excluding carboxylic acids is 1. The molecule has 1 heterocycles. The summed E-state index contributed by atoms with van der Waals surface area (Å²) in [5, 5.41) is 2.97. The first-order valence-corrected chi connectivity index (χ1v) is 8.14. The summed E-state index contributed by atoms with van der Waals surface area (Å²) in [4.78, 5) is 13.9. The molecule has 1 N–H and O–H groups in total. The minimum atomic E-state index is -4.30. The van der Waals surface area contributed by atoms with Crippen LogP contribution in [0.3, 0.4) is 0 Å². The van der Waals surface area contributed by atoms with Gasteiger partial charge in [0.05, 0.1) is 12.2 Å². The van der Waals surface area contributed by atoms with E-state index in [0.29, 0.717) is 32.7 Å².